The first-order valence-electron chi connectivity index (χ1n) is 12.6. The van der Waals surface area contributed by atoms with Gasteiger partial charge in [-0.1, -0.05) is 53.4 Å². The Kier molecular flexibility index (Phi) is 18.9. The second kappa shape index (κ2) is 18.8. The van der Waals surface area contributed by atoms with Gasteiger partial charge < -0.3 is 23.4 Å². The predicted octanol–water partition coefficient (Wildman–Crippen LogP) is 6.36. The van der Waals surface area contributed by atoms with Crippen molar-refractivity contribution in [2.75, 3.05) is 33.0 Å². The molecule has 0 aromatic carbocycles. The van der Waals surface area contributed by atoms with E-state index in [1.165, 1.54) is 25.7 Å². The summed E-state index contributed by atoms with van der Waals surface area (Å²) in [6, 6.07) is 2.17. The van der Waals surface area contributed by atoms with E-state index in [4.69, 9.17) is 23.4 Å². The quantitative estimate of drug-likeness (QED) is 0.189. The second-order valence-corrected chi connectivity index (χ2v) is 15.6. The maximum atomic E-state index is 6.19. The Morgan fingerprint density at radius 1 is 0.600 bits per heavy atom. The van der Waals surface area contributed by atoms with Crippen LogP contribution in [0.15, 0.2) is 0 Å². The number of rotatable bonds is 22. The Bertz CT molecular complexity index is 340. The predicted molar refractivity (Wildman–Crippen MR) is 133 cm³/mol. The van der Waals surface area contributed by atoms with E-state index in [0.29, 0.717) is 5.92 Å². The fourth-order valence-corrected chi connectivity index (χ4v) is 8.72. The molecule has 2 N–H and O–H groups in total. The Hall–Kier alpha value is 0.234. The highest BCUT2D eigenvalue weighted by Gasteiger charge is 2.32. The topological polar surface area (TPSA) is 62.9 Å². The summed E-state index contributed by atoms with van der Waals surface area (Å²) in [5, 5.41) is 0. The zero-order valence-corrected chi connectivity index (χ0v) is 23.1. The maximum Gasteiger partial charge on any atom is 0.334 e. The summed E-state index contributed by atoms with van der Waals surface area (Å²) in [4.78, 5) is 0. The Labute approximate surface area is 190 Å². The van der Waals surface area contributed by atoms with Crippen molar-refractivity contribution in [3.05, 3.63) is 0 Å². The van der Waals surface area contributed by atoms with Crippen molar-refractivity contribution >= 4 is 17.1 Å². The van der Waals surface area contributed by atoms with Crippen LogP contribution >= 0.6 is 0 Å². The Morgan fingerprint density at radius 2 is 0.933 bits per heavy atom. The van der Waals surface area contributed by atoms with E-state index in [2.05, 4.69) is 40.8 Å². The van der Waals surface area contributed by atoms with Crippen molar-refractivity contribution in [2.45, 2.75) is 111 Å². The first-order chi connectivity index (χ1) is 14.4. The van der Waals surface area contributed by atoms with Crippen molar-refractivity contribution in [3.8, 4) is 0 Å². The normalized spacial score (nSPS) is 12.8. The minimum Gasteiger partial charge on any atom is -0.394 e. The molecule has 0 aliphatic carbocycles. The fraction of sp³-hybridized carbons (Fsp3) is 1.00. The highest BCUT2D eigenvalue weighted by atomic mass is 28.4. The lowest BCUT2D eigenvalue weighted by molar-refractivity contribution is 0.171. The first kappa shape index (κ1) is 30.2. The highest BCUT2D eigenvalue weighted by Crippen LogP contribution is 2.26. The largest absolute Gasteiger partial charge is 0.394 e. The molecule has 0 rings (SSSR count). The minimum atomic E-state index is -2.04. The van der Waals surface area contributed by atoms with Crippen LogP contribution in [0, 0.1) is 5.92 Å². The van der Waals surface area contributed by atoms with E-state index >= 15 is 0 Å². The van der Waals surface area contributed by atoms with Gasteiger partial charge in [-0.3, -0.25) is 0 Å². The molecular formula is C23H53NO4Si2. The molecule has 0 aliphatic heterocycles. The van der Waals surface area contributed by atoms with Gasteiger partial charge in [0, 0.05) is 26.4 Å². The lowest BCUT2D eigenvalue weighted by atomic mass is 9.95. The molecule has 0 spiro atoms. The van der Waals surface area contributed by atoms with Crippen molar-refractivity contribution < 1.29 is 17.7 Å². The molecule has 0 unspecified atom stereocenters. The van der Waals surface area contributed by atoms with Crippen LogP contribution in [0.25, 0.3) is 0 Å². The average Bonchev–Trinajstić information content (AvgIpc) is 2.73. The monoisotopic (exact) mass is 463 g/mol. The summed E-state index contributed by atoms with van der Waals surface area (Å²) in [6.45, 7) is 17.2. The molecule has 0 bridgehead atoms. The first-order valence-corrected chi connectivity index (χ1v) is 17.7. The lowest BCUT2D eigenvalue weighted by Gasteiger charge is -2.29. The molecule has 0 atom stereocenters. The molecule has 0 saturated heterocycles. The average molecular weight is 464 g/mol. The summed E-state index contributed by atoms with van der Waals surface area (Å²) < 4.78 is 24.8. The summed E-state index contributed by atoms with van der Waals surface area (Å²) in [6.07, 6.45) is 10.1. The van der Waals surface area contributed by atoms with E-state index in [1.54, 1.807) is 0 Å². The number of hydrogen-bond donors (Lipinski definition) is 1. The van der Waals surface area contributed by atoms with Crippen molar-refractivity contribution in [1.29, 1.82) is 0 Å². The molecule has 30 heavy (non-hydrogen) atoms. The lowest BCUT2D eigenvalue weighted by Crippen LogP contribution is -2.39. The molecule has 0 saturated carbocycles. The molecular weight excluding hydrogens is 410 g/mol. The van der Waals surface area contributed by atoms with Gasteiger partial charge in [-0.15, -0.1) is 0 Å². The third kappa shape index (κ3) is 15.1. The molecule has 0 fully saturated rings. The van der Waals surface area contributed by atoms with Gasteiger partial charge in [0.15, 0.2) is 0 Å². The van der Waals surface area contributed by atoms with Crippen LogP contribution in [-0.2, 0) is 17.7 Å². The summed E-state index contributed by atoms with van der Waals surface area (Å²) in [7, 11) is -4.07. The van der Waals surface area contributed by atoms with Crippen LogP contribution in [0.1, 0.15) is 85.5 Å². The van der Waals surface area contributed by atoms with Gasteiger partial charge in [-0.2, -0.15) is 0 Å². The van der Waals surface area contributed by atoms with Gasteiger partial charge in [0.25, 0.3) is 0 Å². The molecule has 0 radical (unpaired) electrons. The van der Waals surface area contributed by atoms with Gasteiger partial charge in [0.05, 0.1) is 0 Å². The van der Waals surface area contributed by atoms with Crippen LogP contribution in [0.2, 0.25) is 25.2 Å². The fourth-order valence-electron chi connectivity index (χ4n) is 3.74. The summed E-state index contributed by atoms with van der Waals surface area (Å²) in [5.74, 6) is 0.682. The maximum absolute atomic E-state index is 6.19. The van der Waals surface area contributed by atoms with E-state index in [9.17, 15) is 0 Å². The molecule has 0 heterocycles. The zero-order chi connectivity index (χ0) is 22.7. The molecule has 0 aliphatic rings. The van der Waals surface area contributed by atoms with Crippen LogP contribution in [0.3, 0.4) is 0 Å². The smallest absolute Gasteiger partial charge is 0.334 e. The molecule has 0 amide bonds. The Morgan fingerprint density at radius 3 is 1.20 bits per heavy atom. The molecule has 7 heteroatoms. The number of nitrogens with two attached hydrogens (primary N) is 1. The molecule has 0 aromatic rings. The zero-order valence-electron chi connectivity index (χ0n) is 21.1. The minimum absolute atomic E-state index is 0.682. The van der Waals surface area contributed by atoms with Gasteiger partial charge in [0.1, 0.15) is 0 Å². The van der Waals surface area contributed by atoms with Crippen LogP contribution in [0.4, 0.5) is 0 Å². The van der Waals surface area contributed by atoms with Crippen molar-refractivity contribution in [2.24, 2.45) is 11.7 Å². The van der Waals surface area contributed by atoms with E-state index < -0.39 is 17.1 Å². The van der Waals surface area contributed by atoms with Gasteiger partial charge in [0.2, 0.25) is 0 Å². The van der Waals surface area contributed by atoms with Crippen LogP contribution < -0.4 is 5.73 Å². The third-order valence-electron chi connectivity index (χ3n) is 5.51. The van der Waals surface area contributed by atoms with Crippen molar-refractivity contribution in [1.82, 2.24) is 0 Å². The summed E-state index contributed by atoms with van der Waals surface area (Å²) in [5.41, 5.74) is 5.93. The molecule has 182 valence electrons. The molecule has 0 aromatic heterocycles. The standard InChI is InChI=1S/C23H53NO4Si2/c1-7-17-25-29(5,26-18-8-2)21-11-13-23(15-16-24)14-12-22-30(6,27-19-9-3)28-20-10-4/h23H,7-22,24H2,1-6H3. The SMILES string of the molecule is CCCO[Si](C)(CCCC(CCN)CCC[Si](C)(OCCC)OCCC)OCCC. The van der Waals surface area contributed by atoms with E-state index in [-0.39, 0.29) is 0 Å². The van der Waals surface area contributed by atoms with Crippen LogP contribution in [-0.4, -0.2) is 50.1 Å². The molecule has 5 nitrogen and oxygen atoms in total. The number of hydrogen-bond acceptors (Lipinski definition) is 5. The Balaban J connectivity index is 4.55. The van der Waals surface area contributed by atoms with Gasteiger partial charge >= 0.3 is 17.1 Å². The van der Waals surface area contributed by atoms with E-state index in [0.717, 1.165) is 77.2 Å². The van der Waals surface area contributed by atoms with Gasteiger partial charge in [-0.25, -0.2) is 0 Å². The van der Waals surface area contributed by atoms with Crippen LogP contribution in [0.5, 0.6) is 0 Å². The third-order valence-corrected chi connectivity index (χ3v) is 11.3. The van der Waals surface area contributed by atoms with E-state index in [1.807, 2.05) is 0 Å². The summed E-state index contributed by atoms with van der Waals surface area (Å²) >= 11 is 0. The second-order valence-electron chi connectivity index (χ2n) is 8.89. The van der Waals surface area contributed by atoms with Gasteiger partial charge in [-0.05, 0) is 69.7 Å². The highest BCUT2D eigenvalue weighted by molar-refractivity contribution is 6.66. The van der Waals surface area contributed by atoms with Crippen molar-refractivity contribution in [3.63, 3.8) is 0 Å².